The monoisotopic (exact) mass is 613 g/mol. The molecule has 1 aliphatic carbocycles. The molecule has 6 rings (SSSR count). The van der Waals surface area contributed by atoms with Crippen molar-refractivity contribution >= 4 is 39.0 Å². The summed E-state index contributed by atoms with van der Waals surface area (Å²) in [4.78, 5) is 24.8. The van der Waals surface area contributed by atoms with Gasteiger partial charge in [0.15, 0.2) is 21.3 Å². The van der Waals surface area contributed by atoms with Gasteiger partial charge in [-0.2, -0.15) is 0 Å². The van der Waals surface area contributed by atoms with Crippen molar-refractivity contribution in [3.8, 4) is 17.0 Å². The zero-order valence-corrected chi connectivity index (χ0v) is 25.1. The van der Waals surface area contributed by atoms with Crippen molar-refractivity contribution in [1.29, 1.82) is 0 Å². The number of carbonyl (C=O) groups is 1. The molecule has 2 aliphatic heterocycles. The highest BCUT2D eigenvalue weighted by molar-refractivity contribution is 7.93. The third-order valence-electron chi connectivity index (χ3n) is 8.02. The number of hydrogen-bond donors (Lipinski definition) is 4. The Hall–Kier alpha value is -3.25. The number of nitrogens with one attached hydrogen (secondary N) is 2. The molecule has 3 heterocycles. The van der Waals surface area contributed by atoms with Gasteiger partial charge in [0.25, 0.3) is 5.91 Å². The molecular weight excluding hydrogens is 578 g/mol. The Labute approximate surface area is 251 Å². The standard InChI is InChI=1S/C30H36ClN5O5S/c1-29(38)13-4-2-3-5-16-41-26-21(17-34-31)7-6-8-23(26)36-28(37)25-27(32)33-18-24(35-25)20-9-11-22(12-10-20)42(39,40)30(19-29)14-15-30/h6-12,18,34,38H,2-5,13-17,19H2,1H3,(H2,32,33)(H,36,37). The van der Waals surface area contributed by atoms with Gasteiger partial charge in [-0.3, -0.25) is 4.79 Å². The van der Waals surface area contributed by atoms with E-state index < -0.39 is 26.1 Å². The fourth-order valence-corrected chi connectivity index (χ4v) is 7.88. The van der Waals surface area contributed by atoms with E-state index in [4.69, 9.17) is 22.2 Å². The average Bonchev–Trinajstić information content (AvgIpc) is 3.74. The fourth-order valence-electron chi connectivity index (χ4n) is 5.60. The van der Waals surface area contributed by atoms with Gasteiger partial charge in [0, 0.05) is 17.7 Å². The van der Waals surface area contributed by atoms with Crippen LogP contribution in [0.15, 0.2) is 53.6 Å². The van der Waals surface area contributed by atoms with Crippen LogP contribution >= 0.6 is 11.8 Å². The van der Waals surface area contributed by atoms with E-state index in [1.165, 1.54) is 6.20 Å². The molecule has 3 aliphatic rings. The SMILES string of the molecule is CC1(O)CCCCCCOc2c(CNCl)cccc2NC(=O)c2nc(cnc2N)-c2ccc(cc2)S(=O)(=O)C2(CC2)C1. The summed E-state index contributed by atoms with van der Waals surface area (Å²) in [6, 6.07) is 11.7. The van der Waals surface area contributed by atoms with E-state index in [0.29, 0.717) is 55.1 Å². The van der Waals surface area contributed by atoms with E-state index in [1.807, 2.05) is 6.07 Å². The molecule has 1 amide bonds. The minimum absolute atomic E-state index is 0.0475. The predicted molar refractivity (Wildman–Crippen MR) is 162 cm³/mol. The van der Waals surface area contributed by atoms with Crippen LogP contribution in [0.3, 0.4) is 0 Å². The molecule has 1 unspecified atom stereocenters. The van der Waals surface area contributed by atoms with E-state index in [-0.39, 0.29) is 22.8 Å². The first-order valence-electron chi connectivity index (χ1n) is 14.1. The van der Waals surface area contributed by atoms with Gasteiger partial charge in [0.1, 0.15) is 5.75 Å². The average molecular weight is 614 g/mol. The molecule has 0 radical (unpaired) electrons. The van der Waals surface area contributed by atoms with Crippen LogP contribution in [0.2, 0.25) is 0 Å². The summed E-state index contributed by atoms with van der Waals surface area (Å²) in [7, 11) is -3.67. The number of ether oxygens (including phenoxy) is 1. The first kappa shape index (κ1) is 30.2. The quantitative estimate of drug-likeness (QED) is 0.292. The molecule has 1 aromatic heterocycles. The molecule has 224 valence electrons. The minimum Gasteiger partial charge on any atom is -0.491 e. The van der Waals surface area contributed by atoms with Crippen molar-refractivity contribution in [3.05, 3.63) is 59.9 Å². The minimum atomic E-state index is -3.67. The van der Waals surface area contributed by atoms with Crippen LogP contribution < -0.4 is 20.6 Å². The van der Waals surface area contributed by atoms with Crippen molar-refractivity contribution in [3.63, 3.8) is 0 Å². The Morgan fingerprint density at radius 1 is 1.10 bits per heavy atom. The van der Waals surface area contributed by atoms with E-state index in [9.17, 15) is 18.3 Å². The Kier molecular flexibility index (Phi) is 8.75. The lowest BCUT2D eigenvalue weighted by molar-refractivity contribution is 0.0362. The smallest absolute Gasteiger partial charge is 0.278 e. The number of anilines is 2. The second-order valence-corrected chi connectivity index (χ2v) is 14.1. The molecular formula is C30H36ClN5O5S. The number of fused-ring (bicyclic) bond motifs is 11. The van der Waals surface area contributed by atoms with Crippen LogP contribution in [0.1, 0.15) is 74.3 Å². The van der Waals surface area contributed by atoms with Gasteiger partial charge >= 0.3 is 0 Å². The first-order chi connectivity index (χ1) is 20.1. The zero-order chi connectivity index (χ0) is 30.0. The van der Waals surface area contributed by atoms with Crippen LogP contribution in [0, 0.1) is 0 Å². The van der Waals surface area contributed by atoms with Crippen molar-refractivity contribution < 1.29 is 23.1 Å². The van der Waals surface area contributed by atoms with Crippen LogP contribution in [-0.4, -0.2) is 46.4 Å². The molecule has 5 N–H and O–H groups in total. The lowest BCUT2D eigenvalue weighted by Crippen LogP contribution is -2.36. The summed E-state index contributed by atoms with van der Waals surface area (Å²) < 4.78 is 32.5. The van der Waals surface area contributed by atoms with Crippen LogP contribution in [0.5, 0.6) is 5.75 Å². The number of para-hydroxylation sites is 1. The number of carbonyl (C=O) groups excluding carboxylic acids is 1. The highest BCUT2D eigenvalue weighted by atomic mass is 35.5. The summed E-state index contributed by atoms with van der Waals surface area (Å²) >= 11 is 5.80. The fraction of sp³-hybridized carbons (Fsp3) is 0.433. The molecule has 1 spiro atoms. The van der Waals surface area contributed by atoms with Crippen molar-refractivity contribution in [2.75, 3.05) is 17.7 Å². The number of nitrogens with two attached hydrogens (primary N) is 1. The Morgan fingerprint density at radius 3 is 2.55 bits per heavy atom. The third-order valence-corrected chi connectivity index (χ3v) is 10.7. The molecule has 1 saturated carbocycles. The maximum Gasteiger partial charge on any atom is 0.278 e. The lowest BCUT2D eigenvalue weighted by atomic mass is 9.92. The lowest BCUT2D eigenvalue weighted by Gasteiger charge is -2.29. The van der Waals surface area contributed by atoms with Crippen molar-refractivity contribution in [2.45, 2.75) is 80.1 Å². The highest BCUT2D eigenvalue weighted by Crippen LogP contribution is 2.52. The number of aliphatic hydroxyl groups is 1. The molecule has 3 aromatic rings. The van der Waals surface area contributed by atoms with Gasteiger partial charge in [-0.15, -0.1) is 0 Å². The van der Waals surface area contributed by atoms with Gasteiger partial charge in [-0.05, 0) is 69.0 Å². The van der Waals surface area contributed by atoms with Gasteiger partial charge in [0.2, 0.25) is 0 Å². The number of benzene rings is 2. The Balaban J connectivity index is 1.50. The van der Waals surface area contributed by atoms with Crippen LogP contribution in [-0.2, 0) is 16.4 Å². The molecule has 0 saturated heterocycles. The number of nitrogen functional groups attached to an aromatic ring is 1. The number of sulfone groups is 1. The molecule has 42 heavy (non-hydrogen) atoms. The molecule has 1 fully saturated rings. The number of rotatable bonds is 2. The largest absolute Gasteiger partial charge is 0.491 e. The van der Waals surface area contributed by atoms with Crippen LogP contribution in [0.25, 0.3) is 11.3 Å². The van der Waals surface area contributed by atoms with E-state index in [0.717, 1.165) is 31.2 Å². The van der Waals surface area contributed by atoms with Crippen molar-refractivity contribution in [1.82, 2.24) is 14.8 Å². The van der Waals surface area contributed by atoms with E-state index >= 15 is 0 Å². The predicted octanol–water partition coefficient (Wildman–Crippen LogP) is 5.01. The highest BCUT2D eigenvalue weighted by Gasteiger charge is 2.57. The van der Waals surface area contributed by atoms with E-state index in [1.54, 1.807) is 43.3 Å². The Bertz CT molecular complexity index is 1560. The second kappa shape index (κ2) is 12.2. The molecule has 4 bridgehead atoms. The summed E-state index contributed by atoms with van der Waals surface area (Å²) in [5.41, 5.74) is 7.04. The molecule has 2 aromatic carbocycles. The Morgan fingerprint density at radius 2 is 1.83 bits per heavy atom. The van der Waals surface area contributed by atoms with Gasteiger partial charge in [-0.25, -0.2) is 23.2 Å². The number of hydrogen-bond acceptors (Lipinski definition) is 9. The van der Waals surface area contributed by atoms with E-state index in [2.05, 4.69) is 20.1 Å². The number of nitrogens with zero attached hydrogens (tertiary/aromatic N) is 2. The second-order valence-electron chi connectivity index (χ2n) is 11.4. The van der Waals surface area contributed by atoms with Gasteiger partial charge in [-0.1, -0.05) is 43.5 Å². The molecule has 12 heteroatoms. The first-order valence-corrected chi connectivity index (χ1v) is 16.0. The normalized spacial score (nSPS) is 22.2. The number of amides is 1. The van der Waals surface area contributed by atoms with Gasteiger partial charge < -0.3 is 20.9 Å². The summed E-state index contributed by atoms with van der Waals surface area (Å²) in [5, 5.41) is 14.0. The molecule has 10 nitrogen and oxygen atoms in total. The summed E-state index contributed by atoms with van der Waals surface area (Å²) in [6.45, 7) is 2.47. The topological polar surface area (TPSA) is 157 Å². The summed E-state index contributed by atoms with van der Waals surface area (Å²) in [5.74, 6) is -0.112. The third kappa shape index (κ3) is 6.39. The maximum absolute atomic E-state index is 13.7. The molecule has 1 atom stereocenters. The zero-order valence-electron chi connectivity index (χ0n) is 23.5. The number of aromatic nitrogens is 2. The van der Waals surface area contributed by atoms with Gasteiger partial charge in [0.05, 0.1) is 39.4 Å². The van der Waals surface area contributed by atoms with Crippen LogP contribution in [0.4, 0.5) is 11.5 Å². The number of halogens is 1. The van der Waals surface area contributed by atoms with Crippen molar-refractivity contribution in [2.24, 2.45) is 0 Å². The summed E-state index contributed by atoms with van der Waals surface area (Å²) in [6.07, 6.45) is 6.45. The maximum atomic E-state index is 13.7.